The maximum absolute atomic E-state index is 11.7. The standard InChI is InChI=1S/C21H28N2O5/c1-15-7-6-8-16(2)20(15)28-14-19(25)27-13-18(24)23-21(26)22-12-11-17-9-4-3-5-10-17/h6-9H,3-5,10-14H2,1-2H3,(H2,22,23,24,26). The van der Waals surface area contributed by atoms with Crippen LogP contribution in [-0.4, -0.2) is 37.7 Å². The third-order valence-electron chi connectivity index (χ3n) is 4.48. The molecule has 1 aromatic carbocycles. The van der Waals surface area contributed by atoms with Crippen molar-refractivity contribution in [3.05, 3.63) is 41.0 Å². The van der Waals surface area contributed by atoms with Gasteiger partial charge in [0.2, 0.25) is 0 Å². The Labute approximate surface area is 165 Å². The number of imide groups is 1. The van der Waals surface area contributed by atoms with E-state index in [2.05, 4.69) is 16.7 Å². The van der Waals surface area contributed by atoms with Gasteiger partial charge in [-0.2, -0.15) is 0 Å². The van der Waals surface area contributed by atoms with Crippen LogP contribution in [0.5, 0.6) is 5.75 Å². The third kappa shape index (κ3) is 7.42. The van der Waals surface area contributed by atoms with Crippen LogP contribution in [0.1, 0.15) is 43.2 Å². The number of amides is 3. The summed E-state index contributed by atoms with van der Waals surface area (Å²) >= 11 is 0. The van der Waals surface area contributed by atoms with Gasteiger partial charge in [0.25, 0.3) is 5.91 Å². The number of hydrogen-bond acceptors (Lipinski definition) is 5. The molecule has 0 aromatic heterocycles. The Balaban J connectivity index is 1.61. The zero-order chi connectivity index (χ0) is 20.4. The predicted octanol–water partition coefficient (Wildman–Crippen LogP) is 2.94. The summed E-state index contributed by atoms with van der Waals surface area (Å²) in [5.74, 6) is -0.742. The quantitative estimate of drug-likeness (QED) is 0.527. The van der Waals surface area contributed by atoms with Gasteiger partial charge in [0.15, 0.2) is 13.2 Å². The van der Waals surface area contributed by atoms with Gasteiger partial charge in [-0.05, 0) is 57.1 Å². The highest BCUT2D eigenvalue weighted by Gasteiger charge is 2.13. The van der Waals surface area contributed by atoms with Crippen LogP contribution in [0.3, 0.4) is 0 Å². The first-order valence-corrected chi connectivity index (χ1v) is 9.56. The van der Waals surface area contributed by atoms with Gasteiger partial charge < -0.3 is 14.8 Å². The summed E-state index contributed by atoms with van der Waals surface area (Å²) < 4.78 is 10.3. The van der Waals surface area contributed by atoms with Crippen molar-refractivity contribution in [2.24, 2.45) is 0 Å². The number of rotatable bonds is 8. The molecule has 0 saturated heterocycles. The summed E-state index contributed by atoms with van der Waals surface area (Å²) in [4.78, 5) is 35.1. The van der Waals surface area contributed by atoms with Crippen LogP contribution in [0.4, 0.5) is 4.79 Å². The van der Waals surface area contributed by atoms with Crippen molar-refractivity contribution in [1.82, 2.24) is 10.6 Å². The number of hydrogen-bond donors (Lipinski definition) is 2. The minimum atomic E-state index is -0.685. The van der Waals surface area contributed by atoms with E-state index >= 15 is 0 Å². The maximum atomic E-state index is 11.7. The molecule has 1 aliphatic rings. The lowest BCUT2D eigenvalue weighted by Gasteiger charge is -2.13. The molecule has 0 spiro atoms. The second-order valence-corrected chi connectivity index (χ2v) is 6.83. The van der Waals surface area contributed by atoms with Gasteiger partial charge in [0, 0.05) is 6.54 Å². The topological polar surface area (TPSA) is 93.7 Å². The molecule has 0 unspecified atom stereocenters. The molecule has 3 amide bonds. The van der Waals surface area contributed by atoms with E-state index in [0.717, 1.165) is 30.4 Å². The monoisotopic (exact) mass is 388 g/mol. The van der Waals surface area contributed by atoms with Crippen molar-refractivity contribution < 1.29 is 23.9 Å². The van der Waals surface area contributed by atoms with Crippen molar-refractivity contribution in [1.29, 1.82) is 0 Å². The Morgan fingerprint density at radius 1 is 1.07 bits per heavy atom. The molecule has 0 heterocycles. The molecule has 0 atom stereocenters. The van der Waals surface area contributed by atoms with Gasteiger partial charge in [-0.1, -0.05) is 29.8 Å². The molecule has 0 aliphatic heterocycles. The number of carbonyl (C=O) groups excluding carboxylic acids is 3. The molecule has 1 aliphatic carbocycles. The summed E-state index contributed by atoms with van der Waals surface area (Å²) in [6, 6.07) is 5.07. The molecule has 0 radical (unpaired) electrons. The zero-order valence-corrected chi connectivity index (χ0v) is 16.5. The van der Waals surface area contributed by atoms with Crippen LogP contribution in [0.25, 0.3) is 0 Å². The molecule has 2 rings (SSSR count). The molecular formula is C21H28N2O5. The van der Waals surface area contributed by atoms with E-state index in [1.54, 1.807) is 0 Å². The first-order valence-electron chi connectivity index (χ1n) is 9.56. The summed E-state index contributed by atoms with van der Waals surface area (Å²) in [6.07, 6.45) is 7.58. The lowest BCUT2D eigenvalue weighted by atomic mass is 9.97. The van der Waals surface area contributed by atoms with Crippen LogP contribution < -0.4 is 15.4 Å². The van der Waals surface area contributed by atoms with Gasteiger partial charge >= 0.3 is 12.0 Å². The molecule has 0 fully saturated rings. The first kappa shape index (κ1) is 21.5. The number of benzene rings is 1. The molecule has 0 bridgehead atoms. The predicted molar refractivity (Wildman–Crippen MR) is 105 cm³/mol. The molecule has 2 N–H and O–H groups in total. The number of urea groups is 1. The Morgan fingerprint density at radius 3 is 2.50 bits per heavy atom. The second kappa shape index (κ2) is 11.1. The van der Waals surface area contributed by atoms with Crippen LogP contribution in [-0.2, 0) is 14.3 Å². The smallest absolute Gasteiger partial charge is 0.344 e. The van der Waals surface area contributed by atoms with Crippen molar-refractivity contribution >= 4 is 17.9 Å². The van der Waals surface area contributed by atoms with E-state index < -0.39 is 24.5 Å². The summed E-state index contributed by atoms with van der Waals surface area (Å²) in [7, 11) is 0. The Hall–Kier alpha value is -2.83. The molecule has 0 saturated carbocycles. The summed E-state index contributed by atoms with van der Waals surface area (Å²) in [5, 5.41) is 4.77. The normalized spacial score (nSPS) is 13.3. The Morgan fingerprint density at radius 2 is 1.82 bits per heavy atom. The van der Waals surface area contributed by atoms with E-state index in [1.165, 1.54) is 18.4 Å². The van der Waals surface area contributed by atoms with Gasteiger partial charge in [-0.25, -0.2) is 9.59 Å². The lowest BCUT2D eigenvalue weighted by Crippen LogP contribution is -2.42. The molecule has 7 nitrogen and oxygen atoms in total. The van der Waals surface area contributed by atoms with Gasteiger partial charge in [-0.15, -0.1) is 0 Å². The fraction of sp³-hybridized carbons (Fsp3) is 0.476. The van der Waals surface area contributed by atoms with Gasteiger partial charge in [0.05, 0.1) is 0 Å². The van der Waals surface area contributed by atoms with E-state index in [4.69, 9.17) is 9.47 Å². The van der Waals surface area contributed by atoms with Crippen molar-refractivity contribution in [3.8, 4) is 5.75 Å². The number of para-hydroxylation sites is 1. The highest BCUT2D eigenvalue weighted by molar-refractivity contribution is 5.95. The molecular weight excluding hydrogens is 360 g/mol. The fourth-order valence-corrected chi connectivity index (χ4v) is 3.02. The fourth-order valence-electron chi connectivity index (χ4n) is 3.02. The number of allylic oxidation sites excluding steroid dienone is 1. The van der Waals surface area contributed by atoms with Crippen LogP contribution in [0.2, 0.25) is 0 Å². The first-order chi connectivity index (χ1) is 13.5. The maximum Gasteiger partial charge on any atom is 0.344 e. The highest BCUT2D eigenvalue weighted by atomic mass is 16.6. The van der Waals surface area contributed by atoms with Crippen molar-refractivity contribution in [3.63, 3.8) is 0 Å². The Bertz CT molecular complexity index is 722. The van der Waals surface area contributed by atoms with Gasteiger partial charge in [-0.3, -0.25) is 10.1 Å². The number of aryl methyl sites for hydroxylation is 2. The number of esters is 1. The lowest BCUT2D eigenvalue weighted by molar-refractivity contribution is -0.150. The highest BCUT2D eigenvalue weighted by Crippen LogP contribution is 2.22. The number of nitrogens with one attached hydrogen (secondary N) is 2. The van der Waals surface area contributed by atoms with Crippen LogP contribution in [0, 0.1) is 13.8 Å². The summed E-state index contributed by atoms with van der Waals surface area (Å²) in [5.41, 5.74) is 3.16. The van der Waals surface area contributed by atoms with E-state index in [1.807, 2.05) is 32.0 Å². The minimum absolute atomic E-state index is 0.305. The zero-order valence-electron chi connectivity index (χ0n) is 16.5. The molecule has 152 valence electrons. The third-order valence-corrected chi connectivity index (χ3v) is 4.48. The van der Waals surface area contributed by atoms with E-state index in [9.17, 15) is 14.4 Å². The average Bonchev–Trinajstić information content (AvgIpc) is 2.67. The summed E-state index contributed by atoms with van der Waals surface area (Å²) in [6.45, 7) is 3.39. The molecule has 1 aromatic rings. The SMILES string of the molecule is Cc1cccc(C)c1OCC(=O)OCC(=O)NC(=O)NCCC1=CCCCC1. The average molecular weight is 388 g/mol. The van der Waals surface area contributed by atoms with Crippen LogP contribution in [0.15, 0.2) is 29.8 Å². The molecule has 7 heteroatoms. The van der Waals surface area contributed by atoms with Crippen molar-refractivity contribution in [2.45, 2.75) is 46.0 Å². The second-order valence-electron chi connectivity index (χ2n) is 6.83. The van der Waals surface area contributed by atoms with Gasteiger partial charge in [0.1, 0.15) is 5.75 Å². The Kier molecular flexibility index (Phi) is 8.52. The number of ether oxygens (including phenoxy) is 2. The molecule has 28 heavy (non-hydrogen) atoms. The minimum Gasteiger partial charge on any atom is -0.481 e. The number of carbonyl (C=O) groups is 3. The van der Waals surface area contributed by atoms with E-state index in [0.29, 0.717) is 12.3 Å². The van der Waals surface area contributed by atoms with E-state index in [-0.39, 0.29) is 6.61 Å². The van der Waals surface area contributed by atoms with Crippen molar-refractivity contribution in [2.75, 3.05) is 19.8 Å². The largest absolute Gasteiger partial charge is 0.481 e. The van der Waals surface area contributed by atoms with Crippen LogP contribution >= 0.6 is 0 Å².